The summed E-state index contributed by atoms with van der Waals surface area (Å²) in [4.78, 5) is 6.85. The summed E-state index contributed by atoms with van der Waals surface area (Å²) in [6.45, 7) is 4.86. The number of para-hydroxylation sites is 1. The Balaban J connectivity index is 2.17. The highest BCUT2D eigenvalue weighted by molar-refractivity contribution is 7.18. The Morgan fingerprint density at radius 3 is 2.78 bits per heavy atom. The van der Waals surface area contributed by atoms with Crippen molar-refractivity contribution in [3.8, 4) is 6.07 Å². The summed E-state index contributed by atoms with van der Waals surface area (Å²) in [5.74, 6) is 0.0480. The predicted molar refractivity (Wildman–Crippen MR) is 75.4 cm³/mol. The zero-order valence-electron chi connectivity index (χ0n) is 10.9. The highest BCUT2D eigenvalue weighted by Gasteiger charge is 2.17. The first-order chi connectivity index (χ1) is 8.61. The Labute approximate surface area is 112 Å². The van der Waals surface area contributed by atoms with Crippen molar-refractivity contribution in [1.82, 2.24) is 9.88 Å². The Morgan fingerprint density at radius 2 is 2.11 bits per heavy atom. The number of hydrogen-bond acceptors (Lipinski definition) is 4. The van der Waals surface area contributed by atoms with E-state index < -0.39 is 0 Å². The molecule has 0 fully saturated rings. The standard InChI is InChI=1S/C14H17N3S/c1-10(8-15)9-17(3)11(2)14-16-12-6-4-5-7-13(12)18-14/h4-7,10-11H,9H2,1-3H3/t10-,11+/m1/s1. The molecule has 0 saturated heterocycles. The maximum Gasteiger partial charge on any atom is 0.111 e. The van der Waals surface area contributed by atoms with Crippen LogP contribution in [0.1, 0.15) is 24.9 Å². The van der Waals surface area contributed by atoms with Crippen LogP contribution in [0.15, 0.2) is 24.3 Å². The lowest BCUT2D eigenvalue weighted by atomic mass is 10.2. The third-order valence-corrected chi connectivity index (χ3v) is 4.32. The first kappa shape index (κ1) is 13.0. The summed E-state index contributed by atoms with van der Waals surface area (Å²) in [7, 11) is 2.05. The predicted octanol–water partition coefficient (Wildman–Crippen LogP) is 3.45. The minimum atomic E-state index is 0.0480. The van der Waals surface area contributed by atoms with Crippen molar-refractivity contribution in [3.05, 3.63) is 29.3 Å². The highest BCUT2D eigenvalue weighted by Crippen LogP contribution is 2.28. The lowest BCUT2D eigenvalue weighted by Gasteiger charge is -2.23. The molecule has 94 valence electrons. The van der Waals surface area contributed by atoms with Gasteiger partial charge in [-0.05, 0) is 33.0 Å². The largest absolute Gasteiger partial charge is 0.296 e. The molecule has 4 heteroatoms. The van der Waals surface area contributed by atoms with Gasteiger partial charge in [0, 0.05) is 6.54 Å². The molecular weight excluding hydrogens is 242 g/mol. The highest BCUT2D eigenvalue weighted by atomic mass is 32.1. The van der Waals surface area contributed by atoms with Crippen molar-refractivity contribution in [2.45, 2.75) is 19.9 Å². The normalized spacial score (nSPS) is 14.6. The van der Waals surface area contributed by atoms with Gasteiger partial charge < -0.3 is 0 Å². The van der Waals surface area contributed by atoms with Crippen molar-refractivity contribution in [1.29, 1.82) is 5.26 Å². The van der Waals surface area contributed by atoms with Crippen LogP contribution in [-0.2, 0) is 0 Å². The molecule has 1 aromatic heterocycles. The topological polar surface area (TPSA) is 39.9 Å². The van der Waals surface area contributed by atoms with E-state index in [9.17, 15) is 0 Å². The Hall–Kier alpha value is -1.44. The van der Waals surface area contributed by atoms with Gasteiger partial charge >= 0.3 is 0 Å². The number of fused-ring (bicyclic) bond motifs is 1. The van der Waals surface area contributed by atoms with Gasteiger partial charge in [-0.2, -0.15) is 5.26 Å². The van der Waals surface area contributed by atoms with Crippen LogP contribution < -0.4 is 0 Å². The lowest BCUT2D eigenvalue weighted by molar-refractivity contribution is 0.244. The van der Waals surface area contributed by atoms with E-state index >= 15 is 0 Å². The summed E-state index contributed by atoms with van der Waals surface area (Å²) in [5, 5.41) is 9.98. The van der Waals surface area contributed by atoms with Crippen molar-refractivity contribution in [3.63, 3.8) is 0 Å². The molecular formula is C14H17N3S. The molecule has 0 bridgehead atoms. The van der Waals surface area contributed by atoms with Gasteiger partial charge in [0.15, 0.2) is 0 Å². The zero-order valence-corrected chi connectivity index (χ0v) is 11.7. The third-order valence-electron chi connectivity index (χ3n) is 3.11. The van der Waals surface area contributed by atoms with Crippen LogP contribution in [0, 0.1) is 17.2 Å². The smallest absolute Gasteiger partial charge is 0.111 e. The summed E-state index contributed by atoms with van der Waals surface area (Å²) in [6, 6.07) is 10.7. The summed E-state index contributed by atoms with van der Waals surface area (Å²) >= 11 is 1.73. The second-order valence-electron chi connectivity index (χ2n) is 4.67. The number of nitriles is 1. The average Bonchev–Trinajstić information content (AvgIpc) is 2.81. The number of aromatic nitrogens is 1. The fourth-order valence-corrected chi connectivity index (χ4v) is 2.97. The Bertz CT molecular complexity index is 537. The molecule has 0 aliphatic heterocycles. The molecule has 0 spiro atoms. The van der Waals surface area contributed by atoms with Gasteiger partial charge in [-0.25, -0.2) is 4.98 Å². The molecule has 0 saturated carbocycles. The van der Waals surface area contributed by atoms with Gasteiger partial charge in [0.2, 0.25) is 0 Å². The lowest BCUT2D eigenvalue weighted by Crippen LogP contribution is -2.26. The fraction of sp³-hybridized carbons (Fsp3) is 0.429. The zero-order chi connectivity index (χ0) is 13.1. The molecule has 1 heterocycles. The molecule has 1 aromatic carbocycles. The second kappa shape index (κ2) is 5.47. The molecule has 0 radical (unpaired) electrons. The monoisotopic (exact) mass is 259 g/mol. The quantitative estimate of drug-likeness (QED) is 0.844. The van der Waals surface area contributed by atoms with Gasteiger partial charge in [-0.15, -0.1) is 11.3 Å². The molecule has 2 atom stereocenters. The van der Waals surface area contributed by atoms with Crippen LogP contribution in [0.2, 0.25) is 0 Å². The van der Waals surface area contributed by atoms with Gasteiger partial charge in [0.1, 0.15) is 5.01 Å². The van der Waals surface area contributed by atoms with E-state index in [1.165, 1.54) is 4.70 Å². The van der Waals surface area contributed by atoms with Crippen molar-refractivity contribution >= 4 is 21.6 Å². The maximum absolute atomic E-state index is 8.86. The van der Waals surface area contributed by atoms with Gasteiger partial charge in [0.05, 0.1) is 28.2 Å². The van der Waals surface area contributed by atoms with Crippen LogP contribution in [0.3, 0.4) is 0 Å². The van der Waals surface area contributed by atoms with Crippen LogP contribution in [-0.4, -0.2) is 23.5 Å². The Kier molecular flexibility index (Phi) is 3.95. The minimum Gasteiger partial charge on any atom is -0.296 e. The van der Waals surface area contributed by atoms with E-state index in [4.69, 9.17) is 5.26 Å². The van der Waals surface area contributed by atoms with Crippen LogP contribution in [0.4, 0.5) is 0 Å². The number of thiazole rings is 1. The minimum absolute atomic E-state index is 0.0480. The van der Waals surface area contributed by atoms with E-state index in [0.717, 1.165) is 17.1 Å². The first-order valence-electron chi connectivity index (χ1n) is 6.07. The fourth-order valence-electron chi connectivity index (χ4n) is 1.89. The summed E-state index contributed by atoms with van der Waals surface area (Å²) in [5.41, 5.74) is 1.06. The molecule has 18 heavy (non-hydrogen) atoms. The number of nitrogens with zero attached hydrogens (tertiary/aromatic N) is 3. The van der Waals surface area contributed by atoms with E-state index in [1.807, 2.05) is 32.2 Å². The molecule has 3 nitrogen and oxygen atoms in total. The van der Waals surface area contributed by atoms with Crippen LogP contribution in [0.5, 0.6) is 0 Å². The molecule has 0 N–H and O–H groups in total. The molecule has 2 rings (SSSR count). The SMILES string of the molecule is C[C@H](C#N)CN(C)[C@@H](C)c1nc2ccccc2s1. The van der Waals surface area contributed by atoms with Crippen molar-refractivity contribution < 1.29 is 0 Å². The van der Waals surface area contributed by atoms with Crippen LogP contribution in [0.25, 0.3) is 10.2 Å². The number of benzene rings is 1. The van der Waals surface area contributed by atoms with E-state index in [0.29, 0.717) is 0 Å². The Morgan fingerprint density at radius 1 is 1.39 bits per heavy atom. The molecule has 0 aliphatic rings. The van der Waals surface area contributed by atoms with E-state index in [1.54, 1.807) is 11.3 Å². The number of hydrogen-bond donors (Lipinski definition) is 0. The molecule has 2 aromatic rings. The molecule has 0 aliphatic carbocycles. The molecule has 0 amide bonds. The first-order valence-corrected chi connectivity index (χ1v) is 6.88. The summed E-state index contributed by atoms with van der Waals surface area (Å²) in [6.07, 6.45) is 0. The van der Waals surface area contributed by atoms with Gasteiger partial charge in [0.25, 0.3) is 0 Å². The average molecular weight is 259 g/mol. The van der Waals surface area contributed by atoms with Crippen molar-refractivity contribution in [2.24, 2.45) is 5.92 Å². The van der Waals surface area contributed by atoms with Gasteiger partial charge in [-0.3, -0.25) is 4.90 Å². The van der Waals surface area contributed by atoms with E-state index in [-0.39, 0.29) is 12.0 Å². The van der Waals surface area contributed by atoms with Gasteiger partial charge in [-0.1, -0.05) is 12.1 Å². The van der Waals surface area contributed by atoms with E-state index in [2.05, 4.69) is 28.9 Å². The van der Waals surface area contributed by atoms with Crippen molar-refractivity contribution in [2.75, 3.05) is 13.6 Å². The number of rotatable bonds is 4. The third kappa shape index (κ3) is 2.69. The molecule has 0 unspecified atom stereocenters. The van der Waals surface area contributed by atoms with Crippen LogP contribution >= 0.6 is 11.3 Å². The summed E-state index contributed by atoms with van der Waals surface area (Å²) < 4.78 is 1.22. The second-order valence-corrected chi connectivity index (χ2v) is 5.73. The maximum atomic E-state index is 8.86.